The summed E-state index contributed by atoms with van der Waals surface area (Å²) in [6, 6.07) is 6.01. The van der Waals surface area contributed by atoms with Crippen LogP contribution in [0.3, 0.4) is 0 Å². The van der Waals surface area contributed by atoms with Gasteiger partial charge in [-0.25, -0.2) is 28.2 Å². The summed E-state index contributed by atoms with van der Waals surface area (Å²) < 4.78 is 29.5. The smallest absolute Gasteiger partial charge is 0.256 e. The SMILES string of the molecule is Cc1nc2ccc(-c3ccn4nc(NC5CCC(CN6CCN(C)CC6)CC5)ncc34)nc2n1CC(F)F. The van der Waals surface area contributed by atoms with Gasteiger partial charge in [-0.3, -0.25) is 0 Å². The van der Waals surface area contributed by atoms with Crippen molar-refractivity contribution in [3.63, 3.8) is 0 Å². The molecule has 0 radical (unpaired) electrons. The van der Waals surface area contributed by atoms with E-state index in [2.05, 4.69) is 37.1 Å². The van der Waals surface area contributed by atoms with Gasteiger partial charge in [0.1, 0.15) is 11.3 Å². The summed E-state index contributed by atoms with van der Waals surface area (Å²) in [5.74, 6) is 1.92. The van der Waals surface area contributed by atoms with Crippen LogP contribution in [-0.2, 0) is 6.54 Å². The lowest BCUT2D eigenvalue weighted by Gasteiger charge is -2.37. The highest BCUT2D eigenvalue weighted by atomic mass is 19.3. The lowest BCUT2D eigenvalue weighted by molar-refractivity contribution is 0.124. The first-order valence-corrected chi connectivity index (χ1v) is 13.6. The van der Waals surface area contributed by atoms with Crippen LogP contribution < -0.4 is 5.32 Å². The van der Waals surface area contributed by atoms with Crippen LogP contribution >= 0.6 is 0 Å². The normalized spacial score (nSPS) is 21.6. The van der Waals surface area contributed by atoms with E-state index in [1.165, 1.54) is 50.1 Å². The number of fused-ring (bicyclic) bond motifs is 2. The second-order valence-electron chi connectivity index (χ2n) is 10.8. The topological polar surface area (TPSA) is 79.4 Å². The predicted molar refractivity (Wildman–Crippen MR) is 144 cm³/mol. The van der Waals surface area contributed by atoms with Gasteiger partial charge in [0.15, 0.2) is 5.65 Å². The second kappa shape index (κ2) is 10.5. The van der Waals surface area contributed by atoms with Crippen molar-refractivity contribution in [2.75, 3.05) is 45.1 Å². The van der Waals surface area contributed by atoms with Gasteiger partial charge in [0.05, 0.1) is 24.0 Å². The zero-order valence-electron chi connectivity index (χ0n) is 22.0. The van der Waals surface area contributed by atoms with Crippen molar-refractivity contribution in [3.8, 4) is 11.3 Å². The summed E-state index contributed by atoms with van der Waals surface area (Å²) in [4.78, 5) is 18.7. The molecule has 1 aliphatic heterocycles. The van der Waals surface area contributed by atoms with E-state index in [1.54, 1.807) is 17.6 Å². The number of anilines is 1. The third kappa shape index (κ3) is 5.22. The Kier molecular flexibility index (Phi) is 6.96. The van der Waals surface area contributed by atoms with Gasteiger partial charge in [0, 0.05) is 50.5 Å². The van der Waals surface area contributed by atoms with Crippen molar-refractivity contribution in [1.29, 1.82) is 0 Å². The minimum absolute atomic E-state index is 0.383. The van der Waals surface area contributed by atoms with Gasteiger partial charge in [0.25, 0.3) is 6.43 Å². The molecule has 2 fully saturated rings. The minimum atomic E-state index is -2.47. The fourth-order valence-electron chi connectivity index (χ4n) is 5.87. The van der Waals surface area contributed by atoms with Crippen molar-refractivity contribution < 1.29 is 8.78 Å². The molecule has 1 saturated heterocycles. The molecule has 1 N–H and O–H groups in total. The molecule has 1 aliphatic carbocycles. The average Bonchev–Trinajstić information content (AvgIpc) is 3.46. The molecular weight excluding hydrogens is 488 g/mol. The van der Waals surface area contributed by atoms with Crippen LogP contribution in [0.2, 0.25) is 0 Å². The fourth-order valence-corrected chi connectivity index (χ4v) is 5.87. The maximum atomic E-state index is 13.1. The van der Waals surface area contributed by atoms with Crippen molar-refractivity contribution >= 4 is 22.6 Å². The van der Waals surface area contributed by atoms with Gasteiger partial charge in [-0.15, -0.1) is 5.10 Å². The van der Waals surface area contributed by atoms with Crippen LogP contribution in [0.4, 0.5) is 14.7 Å². The first-order chi connectivity index (χ1) is 18.4. The van der Waals surface area contributed by atoms with Crippen molar-refractivity contribution in [2.24, 2.45) is 5.92 Å². The molecule has 0 spiro atoms. The van der Waals surface area contributed by atoms with Crippen LogP contribution in [0.25, 0.3) is 27.9 Å². The summed E-state index contributed by atoms with van der Waals surface area (Å²) in [7, 11) is 2.20. The molecule has 0 bridgehead atoms. The van der Waals surface area contributed by atoms with Crippen molar-refractivity contribution in [2.45, 2.75) is 51.6 Å². The summed E-state index contributed by atoms with van der Waals surface area (Å²) in [6.07, 6.45) is 5.94. The Morgan fingerprint density at radius 3 is 2.58 bits per heavy atom. The maximum absolute atomic E-state index is 13.1. The number of nitrogens with zero attached hydrogens (tertiary/aromatic N) is 8. The molecule has 202 valence electrons. The van der Waals surface area contributed by atoms with Gasteiger partial charge < -0.3 is 19.7 Å². The molecule has 6 rings (SSSR count). The monoisotopic (exact) mass is 523 g/mol. The predicted octanol–water partition coefficient (Wildman–Crippen LogP) is 3.93. The van der Waals surface area contributed by atoms with Gasteiger partial charge in [0.2, 0.25) is 5.95 Å². The number of rotatable bonds is 7. The Balaban J connectivity index is 1.12. The Hall–Kier alpha value is -3.18. The zero-order valence-corrected chi connectivity index (χ0v) is 22.0. The molecule has 0 amide bonds. The minimum Gasteiger partial charge on any atom is -0.350 e. The van der Waals surface area contributed by atoms with E-state index in [0.29, 0.717) is 34.7 Å². The number of hydrogen-bond donors (Lipinski definition) is 1. The van der Waals surface area contributed by atoms with E-state index >= 15 is 0 Å². The molecule has 0 atom stereocenters. The molecule has 1 saturated carbocycles. The lowest BCUT2D eigenvalue weighted by Crippen LogP contribution is -2.46. The average molecular weight is 524 g/mol. The maximum Gasteiger partial charge on any atom is 0.256 e. The number of piperazine rings is 1. The van der Waals surface area contributed by atoms with E-state index in [0.717, 1.165) is 29.8 Å². The van der Waals surface area contributed by atoms with E-state index in [9.17, 15) is 8.78 Å². The van der Waals surface area contributed by atoms with E-state index in [4.69, 9.17) is 5.10 Å². The fraction of sp³-hybridized carbons (Fsp3) is 0.556. The summed E-state index contributed by atoms with van der Waals surface area (Å²) >= 11 is 0. The summed E-state index contributed by atoms with van der Waals surface area (Å²) in [6.45, 7) is 7.23. The highest BCUT2D eigenvalue weighted by Crippen LogP contribution is 2.29. The highest BCUT2D eigenvalue weighted by Gasteiger charge is 2.25. The third-order valence-corrected chi connectivity index (χ3v) is 8.09. The van der Waals surface area contributed by atoms with E-state index in [-0.39, 0.29) is 0 Å². The molecule has 38 heavy (non-hydrogen) atoms. The number of nitrogens with one attached hydrogen (secondary N) is 1. The third-order valence-electron chi connectivity index (χ3n) is 8.09. The molecule has 4 aromatic heterocycles. The molecule has 0 unspecified atom stereocenters. The molecule has 11 heteroatoms. The molecule has 2 aliphatic rings. The van der Waals surface area contributed by atoms with Gasteiger partial charge >= 0.3 is 0 Å². The number of hydrogen-bond acceptors (Lipinski definition) is 7. The zero-order chi connectivity index (χ0) is 26.2. The van der Waals surface area contributed by atoms with Gasteiger partial charge in [-0.2, -0.15) is 0 Å². The first kappa shape index (κ1) is 25.1. The molecule has 5 heterocycles. The Labute approximate surface area is 220 Å². The molecular formula is C27H35F2N9. The van der Waals surface area contributed by atoms with E-state index in [1.807, 2.05) is 24.4 Å². The lowest BCUT2D eigenvalue weighted by atomic mass is 9.85. The number of aromatic nitrogens is 6. The van der Waals surface area contributed by atoms with Gasteiger partial charge in [-0.05, 0) is 63.8 Å². The number of pyridine rings is 1. The van der Waals surface area contributed by atoms with Crippen molar-refractivity contribution in [1.82, 2.24) is 38.9 Å². The quantitative estimate of drug-likeness (QED) is 0.393. The molecule has 4 aromatic rings. The summed E-state index contributed by atoms with van der Waals surface area (Å²) in [5.41, 5.74) is 3.41. The van der Waals surface area contributed by atoms with E-state index < -0.39 is 13.0 Å². The van der Waals surface area contributed by atoms with Crippen LogP contribution in [0, 0.1) is 12.8 Å². The van der Waals surface area contributed by atoms with Crippen LogP contribution in [-0.4, -0.2) is 91.2 Å². The Morgan fingerprint density at radius 2 is 1.82 bits per heavy atom. The van der Waals surface area contributed by atoms with Gasteiger partial charge in [-0.1, -0.05) is 0 Å². The summed E-state index contributed by atoms with van der Waals surface area (Å²) in [5, 5.41) is 8.24. The standard InChI is InChI=1S/C27H35F2N9/c1-18-31-23-8-7-22(33-26(23)37(18)17-25(28)29)21-9-10-38-24(21)15-30-27(34-38)32-20-5-3-19(4-6-20)16-36-13-11-35(2)12-14-36/h7-10,15,19-20,25H,3-6,11-14,16-17H2,1-2H3,(H,32,34). The Bertz CT molecular complexity index is 1400. The number of alkyl halides is 2. The number of imidazole rings is 1. The van der Waals surface area contributed by atoms with Crippen LogP contribution in [0.1, 0.15) is 31.5 Å². The Morgan fingerprint density at radius 1 is 1.03 bits per heavy atom. The largest absolute Gasteiger partial charge is 0.350 e. The second-order valence-corrected chi connectivity index (χ2v) is 10.8. The molecule has 9 nitrogen and oxygen atoms in total. The first-order valence-electron chi connectivity index (χ1n) is 13.6. The number of aryl methyl sites for hydroxylation is 1. The van der Waals surface area contributed by atoms with Crippen molar-refractivity contribution in [3.05, 3.63) is 36.4 Å². The number of halogens is 2. The molecule has 0 aromatic carbocycles. The van der Waals surface area contributed by atoms with Crippen LogP contribution in [0.5, 0.6) is 0 Å². The van der Waals surface area contributed by atoms with Crippen LogP contribution in [0.15, 0.2) is 30.6 Å². The number of likely N-dealkylation sites (N-methyl/N-ethyl adjacent to an activating group) is 1. The highest BCUT2D eigenvalue weighted by molar-refractivity contribution is 5.82.